The number of rotatable bonds is 3. The molecule has 0 atom stereocenters. The summed E-state index contributed by atoms with van der Waals surface area (Å²) in [5.41, 5.74) is 9.10. The third-order valence-corrected chi connectivity index (χ3v) is 2.92. The average Bonchev–Trinajstić information content (AvgIpc) is 2.36. The third-order valence-electron chi connectivity index (χ3n) is 2.76. The lowest BCUT2D eigenvalue weighted by molar-refractivity contribution is 1.11. The summed E-state index contributed by atoms with van der Waals surface area (Å²) >= 11 is 5.83. The molecule has 0 radical (unpaired) electrons. The van der Waals surface area contributed by atoms with Crippen LogP contribution in [0.25, 0.3) is 0 Å². The lowest BCUT2D eigenvalue weighted by Gasteiger charge is -2.14. The summed E-state index contributed by atoms with van der Waals surface area (Å²) in [6.07, 6.45) is 0. The Hall–Kier alpha value is -2.01. The molecular weight excluding hydrogens is 262 g/mol. The SMILES string of the molecule is Cc1nc(Cl)nc(Nc2ccc(N(C)C)cc2)c1N. The van der Waals surface area contributed by atoms with Gasteiger partial charge < -0.3 is 16.0 Å². The van der Waals surface area contributed by atoms with Crippen molar-refractivity contribution in [2.24, 2.45) is 0 Å². The monoisotopic (exact) mass is 277 g/mol. The number of nitrogens with zero attached hydrogens (tertiary/aromatic N) is 3. The van der Waals surface area contributed by atoms with Gasteiger partial charge in [0.05, 0.1) is 11.4 Å². The number of nitrogen functional groups attached to an aromatic ring is 1. The van der Waals surface area contributed by atoms with Crippen molar-refractivity contribution >= 4 is 34.5 Å². The molecule has 0 unspecified atom stereocenters. The molecule has 0 spiro atoms. The van der Waals surface area contributed by atoms with Gasteiger partial charge in [0.15, 0.2) is 5.82 Å². The Morgan fingerprint density at radius 1 is 1.16 bits per heavy atom. The second-order valence-electron chi connectivity index (χ2n) is 4.41. The quantitative estimate of drug-likeness (QED) is 0.845. The molecule has 0 saturated carbocycles. The van der Waals surface area contributed by atoms with Crippen LogP contribution in [-0.4, -0.2) is 24.1 Å². The number of hydrogen-bond donors (Lipinski definition) is 2. The molecule has 100 valence electrons. The summed E-state index contributed by atoms with van der Waals surface area (Å²) < 4.78 is 0. The van der Waals surface area contributed by atoms with E-state index < -0.39 is 0 Å². The van der Waals surface area contributed by atoms with Crippen LogP contribution < -0.4 is 16.0 Å². The summed E-state index contributed by atoms with van der Waals surface area (Å²) in [7, 11) is 3.99. The maximum atomic E-state index is 5.92. The summed E-state index contributed by atoms with van der Waals surface area (Å²) in [6, 6.07) is 7.93. The number of benzene rings is 1. The van der Waals surface area contributed by atoms with Gasteiger partial charge in [-0.15, -0.1) is 0 Å². The van der Waals surface area contributed by atoms with Crippen molar-refractivity contribution in [1.82, 2.24) is 9.97 Å². The van der Waals surface area contributed by atoms with Gasteiger partial charge in [-0.05, 0) is 42.8 Å². The van der Waals surface area contributed by atoms with E-state index in [2.05, 4.69) is 15.3 Å². The molecule has 3 N–H and O–H groups in total. The number of nitrogens with one attached hydrogen (secondary N) is 1. The lowest BCUT2D eigenvalue weighted by Crippen LogP contribution is -2.08. The minimum Gasteiger partial charge on any atom is -0.394 e. The van der Waals surface area contributed by atoms with Crippen molar-refractivity contribution in [3.05, 3.63) is 35.2 Å². The van der Waals surface area contributed by atoms with Gasteiger partial charge in [-0.3, -0.25) is 0 Å². The Morgan fingerprint density at radius 3 is 2.37 bits per heavy atom. The largest absolute Gasteiger partial charge is 0.394 e. The number of hydrogen-bond acceptors (Lipinski definition) is 5. The minimum absolute atomic E-state index is 0.180. The number of halogens is 1. The predicted molar refractivity (Wildman–Crippen MR) is 80.2 cm³/mol. The van der Waals surface area contributed by atoms with Crippen molar-refractivity contribution < 1.29 is 0 Å². The highest BCUT2D eigenvalue weighted by atomic mass is 35.5. The number of anilines is 4. The Kier molecular flexibility index (Phi) is 3.76. The van der Waals surface area contributed by atoms with Crippen molar-refractivity contribution in [3.8, 4) is 0 Å². The van der Waals surface area contributed by atoms with Gasteiger partial charge in [-0.1, -0.05) is 0 Å². The zero-order valence-corrected chi connectivity index (χ0v) is 11.9. The molecule has 0 saturated heterocycles. The van der Waals surface area contributed by atoms with E-state index in [1.165, 1.54) is 0 Å². The molecule has 1 aromatic heterocycles. The zero-order valence-electron chi connectivity index (χ0n) is 11.1. The normalized spacial score (nSPS) is 10.3. The fourth-order valence-electron chi connectivity index (χ4n) is 1.62. The molecule has 0 fully saturated rings. The van der Waals surface area contributed by atoms with Crippen LogP contribution in [0.4, 0.5) is 22.9 Å². The molecule has 0 aliphatic rings. The van der Waals surface area contributed by atoms with Crippen LogP contribution in [0, 0.1) is 6.92 Å². The third kappa shape index (κ3) is 3.06. The molecule has 0 amide bonds. The van der Waals surface area contributed by atoms with Crippen molar-refractivity contribution in [2.45, 2.75) is 6.92 Å². The Balaban J connectivity index is 2.26. The molecule has 0 aliphatic carbocycles. The van der Waals surface area contributed by atoms with E-state index in [0.717, 1.165) is 11.4 Å². The number of nitrogens with two attached hydrogens (primary N) is 1. The first kappa shape index (κ1) is 13.4. The number of aryl methyl sites for hydroxylation is 1. The van der Waals surface area contributed by atoms with Crippen molar-refractivity contribution in [2.75, 3.05) is 30.0 Å². The maximum absolute atomic E-state index is 5.92. The Bertz CT molecular complexity index is 580. The van der Waals surface area contributed by atoms with Gasteiger partial charge in [0.2, 0.25) is 5.28 Å². The van der Waals surface area contributed by atoms with E-state index in [4.69, 9.17) is 17.3 Å². The van der Waals surface area contributed by atoms with Crippen LogP contribution in [-0.2, 0) is 0 Å². The standard InChI is InChI=1S/C13H16ClN5/c1-8-11(15)12(18-13(14)16-8)17-9-4-6-10(7-5-9)19(2)3/h4-7H,15H2,1-3H3,(H,16,17,18). The summed E-state index contributed by atoms with van der Waals surface area (Å²) in [5.74, 6) is 0.523. The van der Waals surface area contributed by atoms with E-state index >= 15 is 0 Å². The van der Waals surface area contributed by atoms with E-state index in [9.17, 15) is 0 Å². The molecule has 19 heavy (non-hydrogen) atoms. The molecule has 2 rings (SSSR count). The highest BCUT2D eigenvalue weighted by Gasteiger charge is 2.08. The van der Waals surface area contributed by atoms with E-state index in [0.29, 0.717) is 17.2 Å². The van der Waals surface area contributed by atoms with Crippen LogP contribution >= 0.6 is 11.6 Å². The maximum Gasteiger partial charge on any atom is 0.224 e. The van der Waals surface area contributed by atoms with Crippen LogP contribution in [0.2, 0.25) is 5.28 Å². The first-order chi connectivity index (χ1) is 8.97. The molecule has 2 aromatic rings. The molecule has 1 heterocycles. The molecule has 0 aliphatic heterocycles. The van der Waals surface area contributed by atoms with E-state index in [1.807, 2.05) is 43.3 Å². The van der Waals surface area contributed by atoms with Crippen molar-refractivity contribution in [3.63, 3.8) is 0 Å². The van der Waals surface area contributed by atoms with Gasteiger partial charge >= 0.3 is 0 Å². The van der Waals surface area contributed by atoms with Crippen molar-refractivity contribution in [1.29, 1.82) is 0 Å². The first-order valence-electron chi connectivity index (χ1n) is 5.81. The average molecular weight is 278 g/mol. The van der Waals surface area contributed by atoms with Crippen LogP contribution in [0.15, 0.2) is 24.3 Å². The van der Waals surface area contributed by atoms with Crippen LogP contribution in [0.1, 0.15) is 5.69 Å². The van der Waals surface area contributed by atoms with Gasteiger partial charge in [-0.2, -0.15) is 4.98 Å². The smallest absolute Gasteiger partial charge is 0.224 e. The fourth-order valence-corrected chi connectivity index (χ4v) is 1.83. The second kappa shape index (κ2) is 5.32. The summed E-state index contributed by atoms with van der Waals surface area (Å²) in [4.78, 5) is 10.1. The van der Waals surface area contributed by atoms with Gasteiger partial charge in [-0.25, -0.2) is 4.98 Å². The second-order valence-corrected chi connectivity index (χ2v) is 4.74. The molecular formula is C13H16ClN5. The summed E-state index contributed by atoms with van der Waals surface area (Å²) in [5, 5.41) is 3.32. The Morgan fingerprint density at radius 2 is 1.79 bits per heavy atom. The van der Waals surface area contributed by atoms with E-state index in [1.54, 1.807) is 6.92 Å². The lowest BCUT2D eigenvalue weighted by atomic mass is 10.2. The van der Waals surface area contributed by atoms with Gasteiger partial charge in [0.1, 0.15) is 0 Å². The molecule has 0 bridgehead atoms. The van der Waals surface area contributed by atoms with Gasteiger partial charge in [0, 0.05) is 25.5 Å². The van der Waals surface area contributed by atoms with E-state index in [-0.39, 0.29) is 5.28 Å². The zero-order chi connectivity index (χ0) is 14.0. The van der Waals surface area contributed by atoms with Gasteiger partial charge in [0.25, 0.3) is 0 Å². The number of aromatic nitrogens is 2. The van der Waals surface area contributed by atoms with Crippen LogP contribution in [0.5, 0.6) is 0 Å². The Labute approximate surface area is 117 Å². The highest BCUT2D eigenvalue weighted by Crippen LogP contribution is 2.25. The molecule has 1 aromatic carbocycles. The first-order valence-corrected chi connectivity index (χ1v) is 6.19. The summed E-state index contributed by atoms with van der Waals surface area (Å²) in [6.45, 7) is 1.79. The topological polar surface area (TPSA) is 67.1 Å². The minimum atomic E-state index is 0.180. The highest BCUT2D eigenvalue weighted by molar-refractivity contribution is 6.28. The van der Waals surface area contributed by atoms with Crippen LogP contribution in [0.3, 0.4) is 0 Å². The molecule has 6 heteroatoms. The predicted octanol–water partition coefficient (Wildman–Crippen LogP) is 2.83. The molecule has 5 nitrogen and oxygen atoms in total. The fraction of sp³-hybridized carbons (Fsp3) is 0.231.